The van der Waals surface area contributed by atoms with E-state index in [4.69, 9.17) is 10.8 Å². The Labute approximate surface area is 85.9 Å². The number of nitrogens with one attached hydrogen (secondary N) is 1. The number of nitrogens with two attached hydrogens (primary N) is 1. The Morgan fingerprint density at radius 2 is 2.47 bits per heavy atom. The van der Waals surface area contributed by atoms with E-state index >= 15 is 0 Å². The number of aromatic nitrogens is 2. The monoisotopic (exact) mass is 205 g/mol. The van der Waals surface area contributed by atoms with Crippen LogP contribution in [-0.4, -0.2) is 27.1 Å². The molecule has 2 aromatic rings. The molecule has 2 heterocycles. The molecule has 0 aliphatic carbocycles. The number of nitrogens with zero attached hydrogens (tertiary/aromatic N) is 1. The number of carbonyl (C=O) groups is 1. The highest BCUT2D eigenvalue weighted by molar-refractivity contribution is 5.83. The van der Waals surface area contributed by atoms with E-state index in [9.17, 15) is 4.79 Å². The highest BCUT2D eigenvalue weighted by atomic mass is 16.4. The van der Waals surface area contributed by atoms with Crippen LogP contribution in [0.4, 0.5) is 0 Å². The van der Waals surface area contributed by atoms with Gasteiger partial charge in [-0.1, -0.05) is 0 Å². The standard InChI is InChI=1S/C10H11N3O2/c11-8(10(14)15)3-6-4-13-9-1-2-12-5-7(6)9/h1-2,4-5,8,13H,3,11H2,(H,14,15). The van der Waals surface area contributed by atoms with Gasteiger partial charge in [-0.25, -0.2) is 0 Å². The lowest BCUT2D eigenvalue weighted by Crippen LogP contribution is -2.32. The van der Waals surface area contributed by atoms with Crippen LogP contribution in [0.1, 0.15) is 5.56 Å². The summed E-state index contributed by atoms with van der Waals surface area (Å²) in [7, 11) is 0. The van der Waals surface area contributed by atoms with Crippen molar-refractivity contribution in [2.45, 2.75) is 12.5 Å². The van der Waals surface area contributed by atoms with Gasteiger partial charge >= 0.3 is 5.97 Å². The molecule has 4 N–H and O–H groups in total. The maximum atomic E-state index is 10.6. The molecular weight excluding hydrogens is 194 g/mol. The van der Waals surface area contributed by atoms with E-state index in [1.165, 1.54) is 0 Å². The van der Waals surface area contributed by atoms with Gasteiger partial charge < -0.3 is 15.8 Å². The second-order valence-electron chi connectivity index (χ2n) is 3.38. The van der Waals surface area contributed by atoms with E-state index in [-0.39, 0.29) is 0 Å². The molecule has 2 aromatic heterocycles. The summed E-state index contributed by atoms with van der Waals surface area (Å²) in [5, 5.41) is 9.63. The Morgan fingerprint density at radius 3 is 3.20 bits per heavy atom. The van der Waals surface area contributed by atoms with Gasteiger partial charge in [-0.3, -0.25) is 9.78 Å². The molecule has 0 spiro atoms. The number of hydrogen-bond donors (Lipinski definition) is 3. The number of carboxylic acids is 1. The van der Waals surface area contributed by atoms with E-state index in [1.807, 2.05) is 6.07 Å². The summed E-state index contributed by atoms with van der Waals surface area (Å²) in [6.45, 7) is 0. The molecule has 0 aliphatic heterocycles. The fourth-order valence-electron chi connectivity index (χ4n) is 1.51. The highest BCUT2D eigenvalue weighted by Gasteiger charge is 2.14. The first kappa shape index (κ1) is 9.67. The third kappa shape index (κ3) is 1.82. The quantitative estimate of drug-likeness (QED) is 0.681. The van der Waals surface area contributed by atoms with Crippen molar-refractivity contribution in [3.8, 4) is 0 Å². The Morgan fingerprint density at radius 1 is 1.67 bits per heavy atom. The van der Waals surface area contributed by atoms with Crippen molar-refractivity contribution in [3.05, 3.63) is 30.2 Å². The van der Waals surface area contributed by atoms with E-state index in [0.29, 0.717) is 6.42 Å². The predicted octanol–water partition coefficient (Wildman–Crippen LogP) is 0.517. The van der Waals surface area contributed by atoms with Gasteiger partial charge in [0.05, 0.1) is 0 Å². The minimum Gasteiger partial charge on any atom is -0.480 e. The number of H-pyrrole nitrogens is 1. The zero-order valence-corrected chi connectivity index (χ0v) is 7.97. The summed E-state index contributed by atoms with van der Waals surface area (Å²) in [5.74, 6) is -0.992. The first-order valence-corrected chi connectivity index (χ1v) is 4.57. The summed E-state index contributed by atoms with van der Waals surface area (Å²) in [5.41, 5.74) is 7.29. The molecule has 0 fully saturated rings. The highest BCUT2D eigenvalue weighted by Crippen LogP contribution is 2.17. The third-order valence-corrected chi connectivity index (χ3v) is 2.33. The molecule has 0 saturated carbocycles. The molecule has 2 rings (SSSR count). The summed E-state index contributed by atoms with van der Waals surface area (Å²) in [6, 6.07) is 0.967. The van der Waals surface area contributed by atoms with Crippen molar-refractivity contribution in [3.63, 3.8) is 0 Å². The van der Waals surface area contributed by atoms with Gasteiger partial charge in [0.1, 0.15) is 6.04 Å². The van der Waals surface area contributed by atoms with Crippen LogP contribution in [0.15, 0.2) is 24.7 Å². The van der Waals surface area contributed by atoms with Gasteiger partial charge in [-0.2, -0.15) is 0 Å². The molecule has 0 aromatic carbocycles. The maximum absolute atomic E-state index is 10.6. The molecule has 78 valence electrons. The number of pyridine rings is 1. The number of aliphatic carboxylic acids is 1. The summed E-state index contributed by atoms with van der Waals surface area (Å²) < 4.78 is 0. The molecular formula is C10H11N3O2. The first-order chi connectivity index (χ1) is 7.18. The van der Waals surface area contributed by atoms with Crippen LogP contribution in [0, 0.1) is 0 Å². The SMILES string of the molecule is NC(Cc1c[nH]c2ccncc12)C(=O)O. The number of rotatable bonds is 3. The van der Waals surface area contributed by atoms with Crippen LogP contribution in [-0.2, 0) is 11.2 Å². The number of aromatic amines is 1. The topological polar surface area (TPSA) is 92.0 Å². The van der Waals surface area contributed by atoms with Crippen LogP contribution in [0.5, 0.6) is 0 Å². The van der Waals surface area contributed by atoms with Gasteiger partial charge in [0, 0.05) is 35.9 Å². The maximum Gasteiger partial charge on any atom is 0.320 e. The second kappa shape index (κ2) is 3.70. The van der Waals surface area contributed by atoms with Crippen molar-refractivity contribution < 1.29 is 9.90 Å². The van der Waals surface area contributed by atoms with Crippen molar-refractivity contribution in [2.24, 2.45) is 5.73 Å². The molecule has 0 radical (unpaired) electrons. The molecule has 5 nitrogen and oxygen atoms in total. The van der Waals surface area contributed by atoms with Crippen molar-refractivity contribution in [2.75, 3.05) is 0 Å². The minimum atomic E-state index is -0.992. The largest absolute Gasteiger partial charge is 0.480 e. The zero-order chi connectivity index (χ0) is 10.8. The van der Waals surface area contributed by atoms with Crippen LogP contribution >= 0.6 is 0 Å². The Hall–Kier alpha value is -1.88. The summed E-state index contributed by atoms with van der Waals surface area (Å²) in [6.07, 6.45) is 5.46. The summed E-state index contributed by atoms with van der Waals surface area (Å²) in [4.78, 5) is 17.6. The molecule has 0 aliphatic rings. The van der Waals surface area contributed by atoms with Crippen molar-refractivity contribution in [1.29, 1.82) is 0 Å². The van der Waals surface area contributed by atoms with Crippen LogP contribution < -0.4 is 5.73 Å². The van der Waals surface area contributed by atoms with E-state index in [0.717, 1.165) is 16.5 Å². The van der Waals surface area contributed by atoms with Gasteiger partial charge in [0.15, 0.2) is 0 Å². The van der Waals surface area contributed by atoms with Crippen molar-refractivity contribution in [1.82, 2.24) is 9.97 Å². The first-order valence-electron chi connectivity index (χ1n) is 4.57. The van der Waals surface area contributed by atoms with Gasteiger partial charge in [-0.05, 0) is 11.6 Å². The van der Waals surface area contributed by atoms with Gasteiger partial charge in [0.25, 0.3) is 0 Å². The Kier molecular flexibility index (Phi) is 2.39. The Balaban J connectivity index is 2.32. The fourth-order valence-corrected chi connectivity index (χ4v) is 1.51. The zero-order valence-electron chi connectivity index (χ0n) is 7.97. The lowest BCUT2D eigenvalue weighted by Gasteiger charge is -2.04. The lowest BCUT2D eigenvalue weighted by molar-refractivity contribution is -0.138. The van der Waals surface area contributed by atoms with Crippen LogP contribution in [0.3, 0.4) is 0 Å². The normalized spacial score (nSPS) is 12.9. The smallest absolute Gasteiger partial charge is 0.320 e. The minimum absolute atomic E-state index is 0.307. The van der Waals surface area contributed by atoms with Gasteiger partial charge in [-0.15, -0.1) is 0 Å². The Bertz CT molecular complexity index is 492. The third-order valence-electron chi connectivity index (χ3n) is 2.33. The molecule has 1 unspecified atom stereocenters. The van der Waals surface area contributed by atoms with Crippen LogP contribution in [0.25, 0.3) is 10.9 Å². The molecule has 5 heteroatoms. The molecule has 0 amide bonds. The summed E-state index contributed by atoms with van der Waals surface area (Å²) >= 11 is 0. The van der Waals surface area contributed by atoms with E-state index in [2.05, 4.69) is 9.97 Å². The fraction of sp³-hybridized carbons (Fsp3) is 0.200. The molecule has 15 heavy (non-hydrogen) atoms. The van der Waals surface area contributed by atoms with E-state index in [1.54, 1.807) is 18.6 Å². The van der Waals surface area contributed by atoms with Crippen molar-refractivity contribution >= 4 is 16.9 Å². The average Bonchev–Trinajstić information content (AvgIpc) is 2.62. The molecule has 1 atom stereocenters. The number of fused-ring (bicyclic) bond motifs is 1. The van der Waals surface area contributed by atoms with E-state index < -0.39 is 12.0 Å². The lowest BCUT2D eigenvalue weighted by atomic mass is 10.1. The van der Waals surface area contributed by atoms with Crippen LogP contribution in [0.2, 0.25) is 0 Å². The molecule has 0 saturated heterocycles. The number of hydrogen-bond acceptors (Lipinski definition) is 3. The van der Waals surface area contributed by atoms with Gasteiger partial charge in [0.2, 0.25) is 0 Å². The second-order valence-corrected chi connectivity index (χ2v) is 3.38. The number of carboxylic acid groups (broad SMARTS) is 1. The average molecular weight is 205 g/mol. The molecule has 0 bridgehead atoms. The predicted molar refractivity (Wildman–Crippen MR) is 55.4 cm³/mol.